The number of alkyl halides is 1. The number of aliphatic carboxylic acids is 1. The topological polar surface area (TPSA) is 37.3 Å². The summed E-state index contributed by atoms with van der Waals surface area (Å²) >= 11 is 7.50. The normalized spacial score (nSPS) is 10.6. The van der Waals surface area contributed by atoms with Gasteiger partial charge in [-0.1, -0.05) is 32.1 Å². The van der Waals surface area contributed by atoms with E-state index in [0.29, 0.717) is 6.42 Å². The summed E-state index contributed by atoms with van der Waals surface area (Å²) in [5.41, 5.74) is 0. The van der Waals surface area contributed by atoms with E-state index >= 15 is 0 Å². The summed E-state index contributed by atoms with van der Waals surface area (Å²) in [6.07, 6.45) is 8.53. The quantitative estimate of drug-likeness (QED) is 0.426. The van der Waals surface area contributed by atoms with Crippen LogP contribution in [0.2, 0.25) is 0 Å². The Bertz CT molecular complexity index is 165. The number of rotatable bonds is 12. The summed E-state index contributed by atoms with van der Waals surface area (Å²) in [6, 6.07) is 0. The Labute approximate surface area is 108 Å². The molecule has 0 saturated carbocycles. The van der Waals surface area contributed by atoms with Crippen LogP contribution in [0.1, 0.15) is 51.4 Å². The number of carboxylic acids is 1. The van der Waals surface area contributed by atoms with Gasteiger partial charge in [0.25, 0.3) is 0 Å². The SMILES string of the molecule is O=C(O)CCCCCCCCCSCCCl. The third-order valence-corrected chi connectivity index (χ3v) is 3.88. The van der Waals surface area contributed by atoms with Crippen LogP contribution >= 0.6 is 23.4 Å². The first-order chi connectivity index (χ1) is 7.77. The van der Waals surface area contributed by atoms with Crippen molar-refractivity contribution < 1.29 is 9.90 Å². The van der Waals surface area contributed by atoms with Crippen LogP contribution in [-0.2, 0) is 4.79 Å². The van der Waals surface area contributed by atoms with Crippen molar-refractivity contribution in [2.75, 3.05) is 17.4 Å². The molecular weight excluding hydrogens is 244 g/mol. The van der Waals surface area contributed by atoms with E-state index in [0.717, 1.165) is 24.5 Å². The van der Waals surface area contributed by atoms with E-state index < -0.39 is 5.97 Å². The van der Waals surface area contributed by atoms with Crippen molar-refractivity contribution in [3.63, 3.8) is 0 Å². The Morgan fingerprint density at radius 2 is 1.50 bits per heavy atom. The van der Waals surface area contributed by atoms with Crippen molar-refractivity contribution in [2.45, 2.75) is 51.4 Å². The van der Waals surface area contributed by atoms with Crippen molar-refractivity contribution in [1.82, 2.24) is 0 Å². The number of carbonyl (C=O) groups is 1. The molecule has 0 heterocycles. The second kappa shape index (κ2) is 13.2. The molecule has 0 aliphatic rings. The number of hydrogen-bond acceptors (Lipinski definition) is 2. The maximum absolute atomic E-state index is 10.2. The maximum Gasteiger partial charge on any atom is 0.303 e. The fourth-order valence-corrected chi connectivity index (χ4v) is 2.57. The highest BCUT2D eigenvalue weighted by Crippen LogP contribution is 2.11. The molecule has 0 fully saturated rings. The minimum atomic E-state index is -0.670. The molecule has 0 saturated heterocycles. The first-order valence-electron chi connectivity index (χ1n) is 6.13. The van der Waals surface area contributed by atoms with Crippen molar-refractivity contribution in [3.8, 4) is 0 Å². The predicted molar refractivity (Wildman–Crippen MR) is 72.6 cm³/mol. The van der Waals surface area contributed by atoms with Gasteiger partial charge in [-0.15, -0.1) is 11.6 Å². The van der Waals surface area contributed by atoms with Gasteiger partial charge >= 0.3 is 5.97 Å². The standard InChI is InChI=1S/C12H23ClO2S/c13-9-11-16-10-7-5-3-1-2-4-6-8-12(14)15/h1-11H2,(H,14,15). The summed E-state index contributed by atoms with van der Waals surface area (Å²) in [6.45, 7) is 0. The summed E-state index contributed by atoms with van der Waals surface area (Å²) in [4.78, 5) is 10.2. The lowest BCUT2D eigenvalue weighted by Crippen LogP contribution is -1.93. The lowest BCUT2D eigenvalue weighted by atomic mass is 10.1. The Kier molecular flexibility index (Phi) is 13.3. The lowest BCUT2D eigenvalue weighted by Gasteiger charge is -2.01. The van der Waals surface area contributed by atoms with Crippen LogP contribution in [0.25, 0.3) is 0 Å². The highest BCUT2D eigenvalue weighted by molar-refractivity contribution is 7.99. The van der Waals surface area contributed by atoms with Crippen LogP contribution in [0.5, 0.6) is 0 Å². The number of thioether (sulfide) groups is 1. The molecule has 0 aliphatic heterocycles. The zero-order valence-corrected chi connectivity index (χ0v) is 11.5. The van der Waals surface area contributed by atoms with E-state index in [-0.39, 0.29) is 0 Å². The Hall–Kier alpha value is 0.110. The van der Waals surface area contributed by atoms with Crippen LogP contribution in [0.15, 0.2) is 0 Å². The fraction of sp³-hybridized carbons (Fsp3) is 0.917. The van der Waals surface area contributed by atoms with Gasteiger partial charge in [0.2, 0.25) is 0 Å². The average molecular weight is 267 g/mol. The van der Waals surface area contributed by atoms with E-state index in [1.165, 1.54) is 37.9 Å². The summed E-state index contributed by atoms with van der Waals surface area (Å²) in [5, 5.41) is 8.45. The van der Waals surface area contributed by atoms with Gasteiger partial charge in [0.05, 0.1) is 0 Å². The first kappa shape index (κ1) is 16.1. The van der Waals surface area contributed by atoms with Crippen LogP contribution in [0.4, 0.5) is 0 Å². The first-order valence-corrected chi connectivity index (χ1v) is 7.82. The highest BCUT2D eigenvalue weighted by atomic mass is 35.5. The molecular formula is C12H23ClO2S. The third-order valence-electron chi connectivity index (χ3n) is 2.40. The molecule has 0 rings (SSSR count). The Morgan fingerprint density at radius 3 is 2.06 bits per heavy atom. The van der Waals surface area contributed by atoms with Crippen LogP contribution in [0.3, 0.4) is 0 Å². The number of carboxylic acid groups (broad SMARTS) is 1. The second-order valence-electron chi connectivity index (χ2n) is 3.92. The molecule has 1 N–H and O–H groups in total. The lowest BCUT2D eigenvalue weighted by molar-refractivity contribution is -0.137. The van der Waals surface area contributed by atoms with Gasteiger partial charge < -0.3 is 5.11 Å². The molecule has 16 heavy (non-hydrogen) atoms. The Balaban J connectivity index is 2.90. The van der Waals surface area contributed by atoms with Crippen LogP contribution in [-0.4, -0.2) is 28.5 Å². The summed E-state index contributed by atoms with van der Waals surface area (Å²) in [7, 11) is 0. The van der Waals surface area contributed by atoms with Gasteiger partial charge in [0.15, 0.2) is 0 Å². The number of hydrogen-bond donors (Lipinski definition) is 1. The maximum atomic E-state index is 10.2. The summed E-state index contributed by atoms with van der Waals surface area (Å²) < 4.78 is 0. The largest absolute Gasteiger partial charge is 0.481 e. The van der Waals surface area contributed by atoms with Gasteiger partial charge in [0, 0.05) is 18.1 Å². The third kappa shape index (κ3) is 14.1. The van der Waals surface area contributed by atoms with Crippen LogP contribution in [0, 0.1) is 0 Å². The highest BCUT2D eigenvalue weighted by Gasteiger charge is 1.96. The zero-order chi connectivity index (χ0) is 12.1. The molecule has 0 aromatic heterocycles. The van der Waals surface area contributed by atoms with Gasteiger partial charge in [0.1, 0.15) is 0 Å². The second-order valence-corrected chi connectivity index (χ2v) is 5.52. The van der Waals surface area contributed by atoms with Crippen molar-refractivity contribution in [3.05, 3.63) is 0 Å². The predicted octanol–water partition coefficient (Wildman–Crippen LogP) is 4.16. The molecule has 0 unspecified atom stereocenters. The van der Waals surface area contributed by atoms with Crippen LogP contribution < -0.4 is 0 Å². The van der Waals surface area contributed by atoms with E-state index in [1.54, 1.807) is 0 Å². The molecule has 0 bridgehead atoms. The van der Waals surface area contributed by atoms with Gasteiger partial charge in [-0.05, 0) is 18.6 Å². The molecule has 2 nitrogen and oxygen atoms in total. The van der Waals surface area contributed by atoms with E-state index in [2.05, 4.69) is 0 Å². The van der Waals surface area contributed by atoms with E-state index in [9.17, 15) is 4.79 Å². The van der Waals surface area contributed by atoms with E-state index in [4.69, 9.17) is 16.7 Å². The van der Waals surface area contributed by atoms with Crippen molar-refractivity contribution in [1.29, 1.82) is 0 Å². The molecule has 0 aromatic carbocycles. The minimum absolute atomic E-state index is 0.328. The van der Waals surface area contributed by atoms with Crippen molar-refractivity contribution >= 4 is 29.3 Å². The Morgan fingerprint density at radius 1 is 0.938 bits per heavy atom. The average Bonchev–Trinajstić information content (AvgIpc) is 2.25. The molecule has 96 valence electrons. The molecule has 4 heteroatoms. The molecule has 0 amide bonds. The molecule has 0 spiro atoms. The van der Waals surface area contributed by atoms with Gasteiger partial charge in [-0.25, -0.2) is 0 Å². The van der Waals surface area contributed by atoms with Gasteiger partial charge in [-0.3, -0.25) is 4.79 Å². The molecule has 0 radical (unpaired) electrons. The smallest absolute Gasteiger partial charge is 0.303 e. The van der Waals surface area contributed by atoms with Crippen molar-refractivity contribution in [2.24, 2.45) is 0 Å². The summed E-state index contributed by atoms with van der Waals surface area (Å²) in [5.74, 6) is 2.38. The number of unbranched alkanes of at least 4 members (excludes halogenated alkanes) is 6. The molecule has 0 aliphatic carbocycles. The zero-order valence-electron chi connectivity index (χ0n) is 9.92. The molecule has 0 atom stereocenters. The minimum Gasteiger partial charge on any atom is -0.481 e. The van der Waals surface area contributed by atoms with E-state index in [1.807, 2.05) is 11.8 Å². The van der Waals surface area contributed by atoms with Gasteiger partial charge in [-0.2, -0.15) is 11.8 Å². The molecule has 0 aromatic rings. The number of halogens is 1. The fourth-order valence-electron chi connectivity index (χ4n) is 1.52. The monoisotopic (exact) mass is 266 g/mol.